The maximum absolute atomic E-state index is 13.3. The summed E-state index contributed by atoms with van der Waals surface area (Å²) < 4.78 is 26.4. The molecule has 5 heteroatoms. The van der Waals surface area contributed by atoms with Gasteiger partial charge in [0.15, 0.2) is 0 Å². The van der Waals surface area contributed by atoms with E-state index in [1.807, 2.05) is 0 Å². The first-order chi connectivity index (χ1) is 10.1. The van der Waals surface area contributed by atoms with Gasteiger partial charge < -0.3 is 11.1 Å². The number of amides is 1. The Labute approximate surface area is 120 Å². The van der Waals surface area contributed by atoms with Gasteiger partial charge in [0.2, 0.25) is 0 Å². The lowest BCUT2D eigenvalue weighted by atomic mass is 10.1. The summed E-state index contributed by atoms with van der Waals surface area (Å²) in [7, 11) is 0. The van der Waals surface area contributed by atoms with Crippen LogP contribution in [0.4, 0.5) is 14.5 Å². The van der Waals surface area contributed by atoms with Crippen LogP contribution in [0, 0.1) is 23.5 Å². The molecule has 21 heavy (non-hydrogen) atoms. The van der Waals surface area contributed by atoms with Gasteiger partial charge in [0.1, 0.15) is 11.6 Å². The zero-order valence-electron chi connectivity index (χ0n) is 11.0. The van der Waals surface area contributed by atoms with Crippen molar-refractivity contribution in [1.82, 2.24) is 0 Å². The summed E-state index contributed by atoms with van der Waals surface area (Å²) in [6, 6.07) is 9.11. The van der Waals surface area contributed by atoms with Crippen molar-refractivity contribution in [1.29, 1.82) is 0 Å². The van der Waals surface area contributed by atoms with Crippen molar-refractivity contribution in [3.63, 3.8) is 0 Å². The molecular weight excluding hydrogens is 274 g/mol. The molecule has 3 N–H and O–H groups in total. The van der Waals surface area contributed by atoms with Crippen LogP contribution in [-0.2, 0) is 0 Å². The number of benzene rings is 2. The molecule has 2 aromatic rings. The predicted octanol–water partition coefficient (Wildman–Crippen LogP) is 2.53. The number of rotatable bonds is 2. The quantitative estimate of drug-likeness (QED) is 0.834. The summed E-state index contributed by atoms with van der Waals surface area (Å²) >= 11 is 0. The summed E-state index contributed by atoms with van der Waals surface area (Å²) in [6.45, 7) is 0.127. The molecule has 0 fully saturated rings. The highest BCUT2D eigenvalue weighted by Gasteiger charge is 2.12. The smallest absolute Gasteiger partial charge is 0.257 e. The molecule has 3 nitrogen and oxygen atoms in total. The normalized spacial score (nSPS) is 9.67. The van der Waals surface area contributed by atoms with Crippen molar-refractivity contribution < 1.29 is 13.6 Å². The molecule has 0 aromatic heterocycles. The monoisotopic (exact) mass is 286 g/mol. The Hall–Kier alpha value is -2.71. The van der Waals surface area contributed by atoms with E-state index in [0.29, 0.717) is 5.56 Å². The predicted molar refractivity (Wildman–Crippen MR) is 76.7 cm³/mol. The van der Waals surface area contributed by atoms with Gasteiger partial charge in [0, 0.05) is 11.3 Å². The minimum absolute atomic E-state index is 0.0696. The average Bonchev–Trinajstić information content (AvgIpc) is 2.46. The number of nitrogens with two attached hydrogens (primary N) is 1. The SMILES string of the molecule is NCC#Cc1ccc(F)cc1C(=O)Nc1cccc(F)c1. The fourth-order valence-corrected chi connectivity index (χ4v) is 1.72. The summed E-state index contributed by atoms with van der Waals surface area (Å²) in [5.74, 6) is 3.71. The van der Waals surface area contributed by atoms with E-state index in [1.165, 1.54) is 36.4 Å². The highest BCUT2D eigenvalue weighted by Crippen LogP contribution is 2.15. The van der Waals surface area contributed by atoms with Crippen LogP contribution in [0.5, 0.6) is 0 Å². The lowest BCUT2D eigenvalue weighted by Gasteiger charge is -2.07. The van der Waals surface area contributed by atoms with E-state index in [-0.39, 0.29) is 17.8 Å². The Bertz CT molecular complexity index is 733. The summed E-state index contributed by atoms with van der Waals surface area (Å²) in [4.78, 5) is 12.2. The Kier molecular flexibility index (Phi) is 4.64. The summed E-state index contributed by atoms with van der Waals surface area (Å²) in [5, 5.41) is 2.50. The van der Waals surface area contributed by atoms with Gasteiger partial charge in [-0.3, -0.25) is 4.79 Å². The maximum Gasteiger partial charge on any atom is 0.257 e. The van der Waals surface area contributed by atoms with E-state index in [9.17, 15) is 13.6 Å². The van der Waals surface area contributed by atoms with Gasteiger partial charge in [-0.05, 0) is 36.4 Å². The third-order valence-corrected chi connectivity index (χ3v) is 2.63. The van der Waals surface area contributed by atoms with Crippen LogP contribution < -0.4 is 11.1 Å². The average molecular weight is 286 g/mol. The summed E-state index contributed by atoms with van der Waals surface area (Å²) in [6.07, 6.45) is 0. The van der Waals surface area contributed by atoms with Crippen LogP contribution in [0.2, 0.25) is 0 Å². The number of halogens is 2. The molecule has 1 amide bonds. The molecule has 0 aliphatic rings. The van der Waals surface area contributed by atoms with Gasteiger partial charge in [-0.1, -0.05) is 17.9 Å². The number of hydrogen-bond donors (Lipinski definition) is 2. The van der Waals surface area contributed by atoms with Crippen molar-refractivity contribution >= 4 is 11.6 Å². The number of carbonyl (C=O) groups excluding carboxylic acids is 1. The molecule has 0 saturated carbocycles. The second-order valence-corrected chi connectivity index (χ2v) is 4.16. The van der Waals surface area contributed by atoms with Gasteiger partial charge >= 0.3 is 0 Å². The highest BCUT2D eigenvalue weighted by molar-refractivity contribution is 6.06. The number of carbonyl (C=O) groups is 1. The molecular formula is C16H12F2N2O. The van der Waals surface area contributed by atoms with Gasteiger partial charge in [-0.15, -0.1) is 0 Å². The van der Waals surface area contributed by atoms with Crippen LogP contribution in [0.1, 0.15) is 15.9 Å². The highest BCUT2D eigenvalue weighted by atomic mass is 19.1. The maximum atomic E-state index is 13.3. The van der Waals surface area contributed by atoms with Crippen LogP contribution in [-0.4, -0.2) is 12.5 Å². The molecule has 0 heterocycles. The van der Waals surface area contributed by atoms with Crippen molar-refractivity contribution in [2.24, 2.45) is 5.73 Å². The van der Waals surface area contributed by atoms with Crippen LogP contribution in [0.15, 0.2) is 42.5 Å². The van der Waals surface area contributed by atoms with Gasteiger partial charge in [0.05, 0.1) is 12.1 Å². The molecule has 0 aliphatic carbocycles. The largest absolute Gasteiger partial charge is 0.322 e. The van der Waals surface area contributed by atoms with Gasteiger partial charge in [-0.25, -0.2) is 8.78 Å². The molecule has 0 aliphatic heterocycles. The molecule has 0 spiro atoms. The van der Waals surface area contributed by atoms with Crippen molar-refractivity contribution in [3.8, 4) is 11.8 Å². The zero-order valence-corrected chi connectivity index (χ0v) is 11.0. The summed E-state index contributed by atoms with van der Waals surface area (Å²) in [5.41, 5.74) is 5.99. The van der Waals surface area contributed by atoms with Gasteiger partial charge in [-0.2, -0.15) is 0 Å². The first-order valence-electron chi connectivity index (χ1n) is 6.15. The fourth-order valence-electron chi connectivity index (χ4n) is 1.72. The lowest BCUT2D eigenvalue weighted by Crippen LogP contribution is -2.14. The fraction of sp³-hybridized carbons (Fsp3) is 0.0625. The van der Waals surface area contributed by atoms with Gasteiger partial charge in [0.25, 0.3) is 5.91 Å². The Morgan fingerprint density at radius 1 is 1.14 bits per heavy atom. The third kappa shape index (κ3) is 3.88. The molecule has 0 atom stereocenters. The topological polar surface area (TPSA) is 55.1 Å². The van der Waals surface area contributed by atoms with E-state index >= 15 is 0 Å². The minimum atomic E-state index is -0.568. The van der Waals surface area contributed by atoms with E-state index < -0.39 is 17.5 Å². The number of hydrogen-bond acceptors (Lipinski definition) is 2. The standard InChI is InChI=1S/C16H12F2N2O/c17-12-4-1-5-14(9-12)20-16(21)15-10-13(18)7-6-11(15)3-2-8-19/h1,4-7,9-10H,8,19H2,(H,20,21). The molecule has 106 valence electrons. The van der Waals surface area contributed by atoms with E-state index in [2.05, 4.69) is 17.2 Å². The molecule has 0 radical (unpaired) electrons. The van der Waals surface area contributed by atoms with Crippen molar-refractivity contribution in [2.75, 3.05) is 11.9 Å². The van der Waals surface area contributed by atoms with E-state index in [1.54, 1.807) is 0 Å². The van der Waals surface area contributed by atoms with Crippen molar-refractivity contribution in [3.05, 3.63) is 65.2 Å². The van der Waals surface area contributed by atoms with Crippen LogP contribution in [0.25, 0.3) is 0 Å². The first kappa shape index (κ1) is 14.7. The van der Waals surface area contributed by atoms with Crippen LogP contribution >= 0.6 is 0 Å². The second-order valence-electron chi connectivity index (χ2n) is 4.16. The molecule has 2 rings (SSSR count). The second kappa shape index (κ2) is 6.64. The zero-order chi connectivity index (χ0) is 15.2. The molecule has 0 saturated heterocycles. The lowest BCUT2D eigenvalue weighted by molar-refractivity contribution is 0.102. The third-order valence-electron chi connectivity index (χ3n) is 2.63. The first-order valence-corrected chi connectivity index (χ1v) is 6.15. The van der Waals surface area contributed by atoms with E-state index in [4.69, 9.17) is 5.73 Å². The molecule has 0 bridgehead atoms. The Morgan fingerprint density at radius 3 is 2.62 bits per heavy atom. The minimum Gasteiger partial charge on any atom is -0.322 e. The van der Waals surface area contributed by atoms with E-state index in [0.717, 1.165) is 6.07 Å². The molecule has 0 unspecified atom stereocenters. The van der Waals surface area contributed by atoms with Crippen LogP contribution in [0.3, 0.4) is 0 Å². The Morgan fingerprint density at radius 2 is 1.90 bits per heavy atom. The molecule has 2 aromatic carbocycles. The number of nitrogens with one attached hydrogen (secondary N) is 1. The Balaban J connectivity index is 2.32. The van der Waals surface area contributed by atoms with Crippen molar-refractivity contribution in [2.45, 2.75) is 0 Å². The number of anilines is 1.